The number of anilines is 1. The second-order valence-corrected chi connectivity index (χ2v) is 7.80. The molecule has 3 fully saturated rings. The van der Waals surface area contributed by atoms with E-state index in [2.05, 4.69) is 24.9 Å². The fraction of sp³-hybridized carbons (Fsp3) is 0.579. The fourth-order valence-electron chi connectivity index (χ4n) is 4.55. The van der Waals surface area contributed by atoms with E-state index in [0.29, 0.717) is 18.4 Å². The third-order valence-electron chi connectivity index (χ3n) is 6.03. The Morgan fingerprint density at radius 1 is 1.07 bits per heavy atom. The number of fused-ring (bicyclic) bond motifs is 1. The van der Waals surface area contributed by atoms with Gasteiger partial charge in [-0.2, -0.15) is 5.10 Å². The summed E-state index contributed by atoms with van der Waals surface area (Å²) in [5.74, 6) is 3.20. The Balaban J connectivity index is 1.16. The van der Waals surface area contributed by atoms with Gasteiger partial charge in [0.25, 0.3) is 0 Å². The first-order chi connectivity index (χ1) is 13.8. The molecule has 2 aromatic rings. The maximum absolute atomic E-state index is 11.9. The first kappa shape index (κ1) is 17.6. The molecule has 3 aliphatic heterocycles. The highest BCUT2D eigenvalue weighted by Gasteiger charge is 2.40. The minimum atomic E-state index is 0.119. The lowest BCUT2D eigenvalue weighted by Gasteiger charge is -2.29. The molecule has 2 unspecified atom stereocenters. The van der Waals surface area contributed by atoms with Gasteiger partial charge in [-0.05, 0) is 17.9 Å². The minimum Gasteiger partial charge on any atom is -0.370 e. The van der Waals surface area contributed by atoms with Gasteiger partial charge in [0, 0.05) is 64.3 Å². The summed E-state index contributed by atoms with van der Waals surface area (Å²) < 4.78 is 6.96. The van der Waals surface area contributed by atoms with Gasteiger partial charge >= 0.3 is 0 Å². The third-order valence-corrected chi connectivity index (χ3v) is 6.03. The third kappa shape index (κ3) is 3.47. The van der Waals surface area contributed by atoms with Crippen LogP contribution in [0.15, 0.2) is 30.9 Å². The van der Waals surface area contributed by atoms with E-state index in [9.17, 15) is 4.79 Å². The number of nitrogens with zero attached hydrogens (tertiary/aromatic N) is 7. The zero-order valence-corrected chi connectivity index (χ0v) is 15.9. The van der Waals surface area contributed by atoms with Crippen LogP contribution in [0.1, 0.15) is 0 Å². The predicted molar refractivity (Wildman–Crippen MR) is 102 cm³/mol. The molecule has 148 valence electrons. The molecule has 5 rings (SSSR count). The van der Waals surface area contributed by atoms with Gasteiger partial charge in [0.1, 0.15) is 18.8 Å². The van der Waals surface area contributed by atoms with Crippen molar-refractivity contribution >= 4 is 11.7 Å². The predicted octanol–water partition coefficient (Wildman–Crippen LogP) is -0.111. The molecule has 0 N–H and O–H groups in total. The van der Waals surface area contributed by atoms with E-state index in [4.69, 9.17) is 4.74 Å². The summed E-state index contributed by atoms with van der Waals surface area (Å²) in [7, 11) is 0. The first-order valence-electron chi connectivity index (χ1n) is 9.91. The second kappa shape index (κ2) is 7.48. The van der Waals surface area contributed by atoms with E-state index in [1.807, 2.05) is 23.2 Å². The molecule has 3 aliphatic rings. The summed E-state index contributed by atoms with van der Waals surface area (Å²) in [5.41, 5.74) is 0. The van der Waals surface area contributed by atoms with Crippen LogP contribution in [0.25, 0.3) is 5.82 Å². The topological polar surface area (TPSA) is 79.6 Å². The molecule has 0 saturated carbocycles. The number of carbonyl (C=O) groups excluding carboxylic acids is 1. The van der Waals surface area contributed by atoms with E-state index < -0.39 is 0 Å². The van der Waals surface area contributed by atoms with Crippen molar-refractivity contribution in [2.24, 2.45) is 11.8 Å². The minimum absolute atomic E-state index is 0.119. The number of hydrogen-bond acceptors (Lipinski definition) is 7. The quantitative estimate of drug-likeness (QED) is 0.713. The zero-order valence-electron chi connectivity index (χ0n) is 15.9. The Hall–Kier alpha value is -2.52. The van der Waals surface area contributed by atoms with Crippen molar-refractivity contribution < 1.29 is 9.53 Å². The van der Waals surface area contributed by atoms with Crippen molar-refractivity contribution in [3.05, 3.63) is 30.9 Å². The number of carbonyl (C=O) groups is 1. The maximum Gasteiger partial charge on any atom is 0.248 e. The fourth-order valence-corrected chi connectivity index (χ4v) is 4.55. The van der Waals surface area contributed by atoms with Crippen molar-refractivity contribution in [2.75, 3.05) is 63.9 Å². The standard InChI is InChI=1S/C19H25N7O2/c27-19-13-28-7-6-24(19)5-4-23-9-15-11-25(12-16(15)10-23)17-8-18(21-14-20-17)26-3-1-2-22-26/h1-3,8,14-16H,4-7,9-13H2. The molecule has 0 bridgehead atoms. The van der Waals surface area contributed by atoms with E-state index in [1.165, 1.54) is 0 Å². The molecule has 28 heavy (non-hydrogen) atoms. The van der Waals surface area contributed by atoms with E-state index in [0.717, 1.165) is 57.4 Å². The normalized spacial score (nSPS) is 25.5. The van der Waals surface area contributed by atoms with Crippen LogP contribution in [0.2, 0.25) is 0 Å². The van der Waals surface area contributed by atoms with E-state index in [1.54, 1.807) is 17.2 Å². The van der Waals surface area contributed by atoms with Gasteiger partial charge in [0.15, 0.2) is 5.82 Å². The summed E-state index contributed by atoms with van der Waals surface area (Å²) in [6, 6.07) is 3.90. The number of hydrogen-bond donors (Lipinski definition) is 0. The van der Waals surface area contributed by atoms with E-state index >= 15 is 0 Å². The number of amides is 1. The number of likely N-dealkylation sites (tertiary alicyclic amines) is 1. The van der Waals surface area contributed by atoms with Gasteiger partial charge in [0.2, 0.25) is 5.91 Å². The van der Waals surface area contributed by atoms with Crippen molar-refractivity contribution in [1.82, 2.24) is 29.5 Å². The number of ether oxygens (including phenoxy) is 1. The van der Waals surface area contributed by atoms with Crippen LogP contribution in [-0.2, 0) is 9.53 Å². The van der Waals surface area contributed by atoms with Crippen LogP contribution in [0.5, 0.6) is 0 Å². The monoisotopic (exact) mass is 383 g/mol. The van der Waals surface area contributed by atoms with Gasteiger partial charge in [-0.1, -0.05) is 0 Å². The lowest BCUT2D eigenvalue weighted by atomic mass is 10.0. The lowest BCUT2D eigenvalue weighted by molar-refractivity contribution is -0.142. The van der Waals surface area contributed by atoms with Crippen molar-refractivity contribution in [3.63, 3.8) is 0 Å². The van der Waals surface area contributed by atoms with Crippen LogP contribution < -0.4 is 4.90 Å². The van der Waals surface area contributed by atoms with Crippen LogP contribution in [0.3, 0.4) is 0 Å². The molecule has 2 aromatic heterocycles. The number of morpholine rings is 1. The molecule has 0 spiro atoms. The maximum atomic E-state index is 11.9. The Bertz CT molecular complexity index is 813. The molecular weight excluding hydrogens is 358 g/mol. The van der Waals surface area contributed by atoms with Gasteiger partial charge in [-0.15, -0.1) is 0 Å². The Kier molecular flexibility index (Phi) is 4.69. The largest absolute Gasteiger partial charge is 0.370 e. The molecule has 5 heterocycles. The summed E-state index contributed by atoms with van der Waals surface area (Å²) in [6.45, 7) is 7.61. The molecule has 3 saturated heterocycles. The molecule has 9 nitrogen and oxygen atoms in total. The lowest BCUT2D eigenvalue weighted by Crippen LogP contribution is -2.45. The van der Waals surface area contributed by atoms with Gasteiger partial charge in [-0.25, -0.2) is 14.6 Å². The zero-order chi connectivity index (χ0) is 18.9. The smallest absolute Gasteiger partial charge is 0.248 e. The Morgan fingerprint density at radius 2 is 1.89 bits per heavy atom. The van der Waals surface area contributed by atoms with Gasteiger partial charge in [-0.3, -0.25) is 4.79 Å². The highest BCUT2D eigenvalue weighted by atomic mass is 16.5. The second-order valence-electron chi connectivity index (χ2n) is 7.80. The summed E-state index contributed by atoms with van der Waals surface area (Å²) >= 11 is 0. The molecule has 2 atom stereocenters. The highest BCUT2D eigenvalue weighted by Crippen LogP contribution is 2.33. The van der Waals surface area contributed by atoms with Crippen molar-refractivity contribution in [1.29, 1.82) is 0 Å². The Morgan fingerprint density at radius 3 is 2.64 bits per heavy atom. The van der Waals surface area contributed by atoms with Crippen LogP contribution in [0, 0.1) is 11.8 Å². The summed E-state index contributed by atoms with van der Waals surface area (Å²) in [5, 5.41) is 4.25. The number of rotatable bonds is 5. The van der Waals surface area contributed by atoms with Crippen molar-refractivity contribution in [2.45, 2.75) is 0 Å². The highest BCUT2D eigenvalue weighted by molar-refractivity contribution is 5.77. The molecule has 0 aromatic carbocycles. The first-order valence-corrected chi connectivity index (χ1v) is 9.91. The molecular formula is C19H25N7O2. The van der Waals surface area contributed by atoms with E-state index in [-0.39, 0.29) is 12.5 Å². The molecule has 0 aliphatic carbocycles. The average Bonchev–Trinajstić information content (AvgIpc) is 3.44. The van der Waals surface area contributed by atoms with Gasteiger partial charge in [0.05, 0.1) is 6.61 Å². The molecule has 9 heteroatoms. The van der Waals surface area contributed by atoms with Gasteiger partial charge < -0.3 is 19.4 Å². The average molecular weight is 383 g/mol. The summed E-state index contributed by atoms with van der Waals surface area (Å²) in [4.78, 5) is 27.5. The SMILES string of the molecule is O=C1COCCN1CCN1CC2CN(c3cc(-n4cccn4)ncn3)CC2C1. The number of aromatic nitrogens is 4. The van der Waals surface area contributed by atoms with Crippen LogP contribution in [-0.4, -0.2) is 94.5 Å². The van der Waals surface area contributed by atoms with Crippen LogP contribution in [0.4, 0.5) is 5.82 Å². The molecule has 0 radical (unpaired) electrons. The molecule has 1 amide bonds. The van der Waals surface area contributed by atoms with Crippen molar-refractivity contribution in [3.8, 4) is 5.82 Å². The Labute approximate surface area is 163 Å². The summed E-state index contributed by atoms with van der Waals surface area (Å²) in [6.07, 6.45) is 5.26. The van der Waals surface area contributed by atoms with Crippen LogP contribution >= 0.6 is 0 Å².